The number of hydrogen-bond acceptors (Lipinski definition) is 5. The summed E-state index contributed by atoms with van der Waals surface area (Å²) in [5, 5.41) is 13.5. The van der Waals surface area contributed by atoms with Crippen LogP contribution in [0.2, 0.25) is 0 Å². The molecule has 0 bridgehead atoms. The maximum atomic E-state index is 12.8. The van der Waals surface area contributed by atoms with E-state index in [-0.39, 0.29) is 6.54 Å². The Hall–Kier alpha value is -4.59. The minimum absolute atomic E-state index is 0.246. The Morgan fingerprint density at radius 1 is 0.816 bits per heavy atom. The van der Waals surface area contributed by atoms with Gasteiger partial charge in [0.25, 0.3) is 0 Å². The van der Waals surface area contributed by atoms with Crippen LogP contribution in [0.15, 0.2) is 97.2 Å². The number of nitrogens with one attached hydrogen (secondary N) is 3. The first kappa shape index (κ1) is 26.5. The fourth-order valence-electron chi connectivity index (χ4n) is 4.30. The lowest BCUT2D eigenvalue weighted by Crippen LogP contribution is -2.39. The van der Waals surface area contributed by atoms with E-state index in [2.05, 4.69) is 57.4 Å². The van der Waals surface area contributed by atoms with Crippen molar-refractivity contribution in [3.63, 3.8) is 0 Å². The van der Waals surface area contributed by atoms with Crippen molar-refractivity contribution < 1.29 is 14.3 Å². The summed E-state index contributed by atoms with van der Waals surface area (Å²) in [4.78, 5) is 24.8. The van der Waals surface area contributed by atoms with Crippen molar-refractivity contribution in [3.8, 4) is 0 Å². The van der Waals surface area contributed by atoms with Crippen molar-refractivity contribution in [3.05, 3.63) is 114 Å². The number of rotatable bonds is 8. The lowest BCUT2D eigenvalue weighted by Gasteiger charge is -2.38. The van der Waals surface area contributed by atoms with Gasteiger partial charge in [-0.1, -0.05) is 91.0 Å². The molecule has 0 atom stereocenters. The zero-order valence-electron chi connectivity index (χ0n) is 22.1. The van der Waals surface area contributed by atoms with Crippen molar-refractivity contribution in [2.24, 2.45) is 7.05 Å². The van der Waals surface area contributed by atoms with Gasteiger partial charge in [-0.05, 0) is 37.5 Å². The third-order valence-electron chi connectivity index (χ3n) is 5.93. The fraction of sp³-hybridized carbons (Fsp3) is 0.233. The van der Waals surface area contributed by atoms with Crippen LogP contribution in [0.4, 0.5) is 16.3 Å². The molecule has 8 nitrogen and oxygen atoms in total. The summed E-state index contributed by atoms with van der Waals surface area (Å²) in [7, 11) is 1.81. The Labute approximate surface area is 223 Å². The third kappa shape index (κ3) is 6.03. The fourth-order valence-corrected chi connectivity index (χ4v) is 4.30. The summed E-state index contributed by atoms with van der Waals surface area (Å²) >= 11 is 0. The van der Waals surface area contributed by atoms with Crippen molar-refractivity contribution in [2.45, 2.75) is 31.9 Å². The Bertz CT molecular complexity index is 1270. The highest BCUT2D eigenvalue weighted by Crippen LogP contribution is 2.41. The van der Waals surface area contributed by atoms with Gasteiger partial charge in [-0.15, -0.1) is 0 Å². The number of ether oxygens (including phenoxy) is 1. The molecule has 0 saturated heterocycles. The van der Waals surface area contributed by atoms with Gasteiger partial charge in [-0.3, -0.25) is 9.48 Å². The van der Waals surface area contributed by atoms with Crippen molar-refractivity contribution in [2.75, 3.05) is 17.2 Å². The molecular weight excluding hydrogens is 478 g/mol. The van der Waals surface area contributed by atoms with Crippen LogP contribution in [0, 0.1) is 0 Å². The lowest BCUT2D eigenvalue weighted by molar-refractivity contribution is -0.115. The van der Waals surface area contributed by atoms with E-state index in [9.17, 15) is 9.59 Å². The maximum Gasteiger partial charge on any atom is 0.408 e. The highest BCUT2D eigenvalue weighted by Gasteiger charge is 2.37. The van der Waals surface area contributed by atoms with Gasteiger partial charge in [0.05, 0.1) is 6.20 Å². The average molecular weight is 512 g/mol. The Morgan fingerprint density at radius 2 is 1.29 bits per heavy atom. The molecule has 1 heterocycles. The van der Waals surface area contributed by atoms with Crippen molar-refractivity contribution in [1.82, 2.24) is 15.1 Å². The molecular formula is C30H33N5O3. The number of carbonyl (C=O) groups excluding carboxylic acids is 2. The van der Waals surface area contributed by atoms with Crippen LogP contribution in [0.25, 0.3) is 0 Å². The van der Waals surface area contributed by atoms with E-state index in [4.69, 9.17) is 4.74 Å². The number of anilines is 2. The number of alkyl carbamates (subject to hydrolysis) is 1. The molecule has 8 heteroatoms. The number of amides is 2. The van der Waals surface area contributed by atoms with Crippen LogP contribution in [-0.2, 0) is 22.1 Å². The molecule has 0 aliphatic rings. The van der Waals surface area contributed by atoms with Gasteiger partial charge in [0.2, 0.25) is 5.91 Å². The topological polar surface area (TPSA) is 97.3 Å². The Morgan fingerprint density at radius 3 is 1.74 bits per heavy atom. The molecule has 0 unspecified atom stereocenters. The van der Waals surface area contributed by atoms with E-state index in [1.165, 1.54) is 0 Å². The number of nitrogens with zero attached hydrogens (tertiary/aromatic N) is 2. The predicted molar refractivity (Wildman–Crippen MR) is 149 cm³/mol. The molecule has 0 fully saturated rings. The summed E-state index contributed by atoms with van der Waals surface area (Å²) in [5.74, 6) is 0.198. The third-order valence-corrected chi connectivity index (χ3v) is 5.93. The van der Waals surface area contributed by atoms with Gasteiger partial charge in [0.15, 0.2) is 0 Å². The maximum absolute atomic E-state index is 12.8. The standard InChI is InChI=1S/C30H33N5O3/c1-29(2,3)38-28(37)31-21-26(36)33-25-20-32-35(4)27(25)34-30(22-14-8-5-9-15-22,23-16-10-6-11-17-23)24-18-12-7-13-19-24/h5-20,34H,21H2,1-4H3,(H,31,37)(H,33,36). The second kappa shape index (κ2) is 11.2. The Kier molecular flexibility index (Phi) is 7.81. The van der Waals surface area contributed by atoms with E-state index in [1.807, 2.05) is 61.6 Å². The zero-order chi connectivity index (χ0) is 27.2. The first-order valence-corrected chi connectivity index (χ1v) is 12.4. The number of aromatic nitrogens is 2. The highest BCUT2D eigenvalue weighted by atomic mass is 16.6. The van der Waals surface area contributed by atoms with Gasteiger partial charge >= 0.3 is 6.09 Å². The van der Waals surface area contributed by atoms with Gasteiger partial charge < -0.3 is 20.7 Å². The van der Waals surface area contributed by atoms with Crippen LogP contribution in [0.5, 0.6) is 0 Å². The minimum atomic E-state index is -0.800. The van der Waals surface area contributed by atoms with Crippen molar-refractivity contribution >= 4 is 23.5 Å². The smallest absolute Gasteiger partial charge is 0.408 e. The summed E-state index contributed by atoms with van der Waals surface area (Å²) < 4.78 is 6.90. The van der Waals surface area contributed by atoms with Crippen LogP contribution < -0.4 is 16.0 Å². The molecule has 0 aliphatic carbocycles. The molecule has 0 saturated carbocycles. The number of benzene rings is 3. The van der Waals surface area contributed by atoms with Crippen LogP contribution in [-0.4, -0.2) is 33.9 Å². The average Bonchev–Trinajstić information content (AvgIpc) is 3.24. The minimum Gasteiger partial charge on any atom is -0.444 e. The molecule has 2 amide bonds. The predicted octanol–water partition coefficient (Wildman–Crippen LogP) is 5.29. The Balaban J connectivity index is 1.71. The van der Waals surface area contributed by atoms with Gasteiger partial charge in [-0.2, -0.15) is 5.10 Å². The summed E-state index contributed by atoms with van der Waals surface area (Å²) in [6, 6.07) is 30.4. The molecule has 3 N–H and O–H groups in total. The molecule has 0 aliphatic heterocycles. The van der Waals surface area contributed by atoms with Crippen LogP contribution in [0.1, 0.15) is 37.5 Å². The van der Waals surface area contributed by atoms with Gasteiger partial charge in [0, 0.05) is 7.05 Å². The van der Waals surface area contributed by atoms with Crippen LogP contribution >= 0.6 is 0 Å². The normalized spacial score (nSPS) is 11.5. The lowest BCUT2D eigenvalue weighted by atomic mass is 9.77. The van der Waals surface area contributed by atoms with E-state index >= 15 is 0 Å². The molecule has 0 spiro atoms. The zero-order valence-corrected chi connectivity index (χ0v) is 22.1. The molecule has 3 aromatic carbocycles. The first-order valence-electron chi connectivity index (χ1n) is 12.4. The summed E-state index contributed by atoms with van der Waals surface area (Å²) in [5.41, 5.74) is 2.07. The SMILES string of the molecule is Cn1ncc(NC(=O)CNC(=O)OC(C)(C)C)c1NC(c1ccccc1)(c1ccccc1)c1ccccc1. The van der Waals surface area contributed by atoms with Gasteiger partial charge in [0.1, 0.15) is 29.2 Å². The monoisotopic (exact) mass is 511 g/mol. The number of hydrogen-bond donors (Lipinski definition) is 3. The molecule has 196 valence electrons. The summed E-state index contributed by atoms with van der Waals surface area (Å²) in [6.45, 7) is 5.04. The second-order valence-corrected chi connectivity index (χ2v) is 9.91. The first-order chi connectivity index (χ1) is 18.2. The molecule has 1 aromatic heterocycles. The second-order valence-electron chi connectivity index (χ2n) is 9.91. The van der Waals surface area contributed by atoms with Crippen LogP contribution in [0.3, 0.4) is 0 Å². The van der Waals surface area contributed by atoms with E-state index < -0.39 is 23.1 Å². The number of aryl methyl sites for hydroxylation is 1. The highest BCUT2D eigenvalue weighted by molar-refractivity contribution is 5.96. The molecule has 4 rings (SSSR count). The quantitative estimate of drug-likeness (QED) is 0.280. The largest absolute Gasteiger partial charge is 0.444 e. The van der Waals surface area contributed by atoms with E-state index in [1.54, 1.807) is 31.6 Å². The van der Waals surface area contributed by atoms with E-state index in [0.29, 0.717) is 11.5 Å². The summed E-state index contributed by atoms with van der Waals surface area (Å²) in [6.07, 6.45) is 0.924. The molecule has 4 aromatic rings. The van der Waals surface area contributed by atoms with E-state index in [0.717, 1.165) is 16.7 Å². The van der Waals surface area contributed by atoms with Crippen molar-refractivity contribution in [1.29, 1.82) is 0 Å². The molecule has 0 radical (unpaired) electrons. The van der Waals surface area contributed by atoms with Gasteiger partial charge in [-0.25, -0.2) is 4.79 Å². The number of carbonyl (C=O) groups is 2. The molecule has 38 heavy (non-hydrogen) atoms.